The molecule has 4 aromatic rings. The average Bonchev–Trinajstić information content (AvgIpc) is 3.32. The van der Waals surface area contributed by atoms with Crippen molar-refractivity contribution in [3.05, 3.63) is 94.7 Å². The van der Waals surface area contributed by atoms with E-state index in [4.69, 9.17) is 9.47 Å². The van der Waals surface area contributed by atoms with Crippen LogP contribution in [0.3, 0.4) is 0 Å². The third-order valence-electron chi connectivity index (χ3n) is 6.28. The van der Waals surface area contributed by atoms with E-state index in [1.54, 1.807) is 13.2 Å². The molecule has 5 rings (SSSR count). The Labute approximate surface area is 214 Å². The number of ether oxygens (including phenoxy) is 2. The van der Waals surface area contributed by atoms with E-state index in [-0.39, 0.29) is 24.3 Å². The van der Waals surface area contributed by atoms with Gasteiger partial charge in [0.05, 0.1) is 18.6 Å². The molecule has 0 aliphatic carbocycles. The Hall–Kier alpha value is -3.97. The molecule has 0 spiro atoms. The summed E-state index contributed by atoms with van der Waals surface area (Å²) in [7, 11) is 1.64. The molecule has 7 heteroatoms. The largest absolute Gasteiger partial charge is 0.497 e. The molecule has 1 aromatic heterocycles. The summed E-state index contributed by atoms with van der Waals surface area (Å²) in [4.78, 5) is 27.4. The quantitative estimate of drug-likeness (QED) is 0.277. The van der Waals surface area contributed by atoms with Gasteiger partial charge in [0.1, 0.15) is 18.1 Å². The number of fused-ring (bicyclic) bond motifs is 1. The maximum Gasteiger partial charge on any atom is 0.293 e. The van der Waals surface area contributed by atoms with Crippen LogP contribution >= 0.6 is 11.8 Å². The summed E-state index contributed by atoms with van der Waals surface area (Å²) >= 11 is 0.967. The number of nitrogens with zero attached hydrogens (tertiary/aromatic N) is 2. The summed E-state index contributed by atoms with van der Waals surface area (Å²) in [6, 6.07) is 23.7. The maximum atomic E-state index is 13.1. The van der Waals surface area contributed by atoms with Crippen LogP contribution in [-0.2, 0) is 4.79 Å². The molecule has 0 radical (unpaired) electrons. The number of hydrogen-bond acceptors (Lipinski definition) is 5. The van der Waals surface area contributed by atoms with Crippen LogP contribution in [-0.4, -0.2) is 40.9 Å². The first-order chi connectivity index (χ1) is 17.5. The van der Waals surface area contributed by atoms with Crippen LogP contribution in [0.1, 0.15) is 17.0 Å². The second kappa shape index (κ2) is 9.95. The van der Waals surface area contributed by atoms with Crippen molar-refractivity contribution in [3.8, 4) is 17.2 Å². The van der Waals surface area contributed by atoms with Crippen LogP contribution in [0.4, 0.5) is 4.79 Å². The topological polar surface area (TPSA) is 60.8 Å². The number of amides is 2. The van der Waals surface area contributed by atoms with Crippen LogP contribution in [0.25, 0.3) is 22.5 Å². The number of aromatic nitrogens is 1. The number of carbonyl (C=O) groups is 2. The molecule has 1 aliphatic heterocycles. The molecule has 182 valence electrons. The lowest BCUT2D eigenvalue weighted by Crippen LogP contribution is -2.32. The van der Waals surface area contributed by atoms with Gasteiger partial charge >= 0.3 is 0 Å². The molecule has 0 N–H and O–H groups in total. The minimum absolute atomic E-state index is 0.191. The van der Waals surface area contributed by atoms with E-state index in [1.165, 1.54) is 4.90 Å². The molecule has 0 atom stereocenters. The van der Waals surface area contributed by atoms with Gasteiger partial charge in [-0.2, -0.15) is 0 Å². The van der Waals surface area contributed by atoms with Crippen LogP contribution in [0.15, 0.2) is 77.7 Å². The molecule has 36 heavy (non-hydrogen) atoms. The van der Waals surface area contributed by atoms with E-state index in [0.717, 1.165) is 56.7 Å². The zero-order valence-corrected chi connectivity index (χ0v) is 21.2. The first-order valence-electron chi connectivity index (χ1n) is 11.7. The van der Waals surface area contributed by atoms with Crippen molar-refractivity contribution < 1.29 is 19.1 Å². The Kier molecular flexibility index (Phi) is 6.57. The fourth-order valence-corrected chi connectivity index (χ4v) is 5.32. The fraction of sp³-hybridized carbons (Fsp3) is 0.172. The lowest BCUT2D eigenvalue weighted by Gasteiger charge is -2.14. The summed E-state index contributed by atoms with van der Waals surface area (Å²) in [5.41, 5.74) is 3.93. The zero-order valence-electron chi connectivity index (χ0n) is 20.4. The summed E-state index contributed by atoms with van der Waals surface area (Å²) in [5.74, 6) is 1.24. The van der Waals surface area contributed by atoms with E-state index in [0.29, 0.717) is 4.91 Å². The van der Waals surface area contributed by atoms with Crippen molar-refractivity contribution in [1.29, 1.82) is 0 Å². The third-order valence-corrected chi connectivity index (χ3v) is 7.19. The molecule has 0 bridgehead atoms. The molecule has 6 nitrogen and oxygen atoms in total. The lowest BCUT2D eigenvalue weighted by atomic mass is 10.1. The van der Waals surface area contributed by atoms with Gasteiger partial charge in [0.25, 0.3) is 11.1 Å². The fourth-order valence-electron chi connectivity index (χ4n) is 4.46. The predicted molar refractivity (Wildman–Crippen MR) is 144 cm³/mol. The van der Waals surface area contributed by atoms with Crippen molar-refractivity contribution in [1.82, 2.24) is 9.47 Å². The van der Waals surface area contributed by atoms with E-state index >= 15 is 0 Å². The molecule has 1 fully saturated rings. The highest BCUT2D eigenvalue weighted by atomic mass is 32.2. The van der Waals surface area contributed by atoms with Gasteiger partial charge in [-0.15, -0.1) is 0 Å². The molecule has 2 amide bonds. The normalized spacial score (nSPS) is 14.8. The lowest BCUT2D eigenvalue weighted by molar-refractivity contribution is -0.123. The van der Waals surface area contributed by atoms with Gasteiger partial charge in [-0.05, 0) is 79.0 Å². The van der Waals surface area contributed by atoms with Crippen molar-refractivity contribution in [2.75, 3.05) is 20.3 Å². The summed E-state index contributed by atoms with van der Waals surface area (Å²) in [6.07, 6.45) is 1.80. The minimum Gasteiger partial charge on any atom is -0.497 e. The van der Waals surface area contributed by atoms with Crippen molar-refractivity contribution in [2.45, 2.75) is 13.8 Å². The zero-order chi connectivity index (χ0) is 25.2. The standard InChI is InChI=1S/C29H26N2O4S/c1-19-17-22(20(2)31(19)23-11-13-24(34-3)14-12-23)18-27-28(32)30(29(33)36-27)15-16-35-26-10-6-8-21-7-4-5-9-25(21)26/h4-14,17-18H,15-16H2,1-3H3/b27-18-. The van der Waals surface area contributed by atoms with Gasteiger partial charge < -0.3 is 14.0 Å². The number of thioether (sulfide) groups is 1. The maximum absolute atomic E-state index is 13.1. The smallest absolute Gasteiger partial charge is 0.293 e. The first kappa shape index (κ1) is 23.8. The van der Waals surface area contributed by atoms with Gasteiger partial charge in [0.15, 0.2) is 0 Å². The minimum atomic E-state index is -0.291. The molecular formula is C29H26N2O4S. The van der Waals surface area contributed by atoms with Crippen LogP contribution in [0.5, 0.6) is 11.5 Å². The first-order valence-corrected chi connectivity index (χ1v) is 12.5. The number of carbonyl (C=O) groups excluding carboxylic acids is 2. The number of rotatable bonds is 7. The summed E-state index contributed by atoms with van der Waals surface area (Å²) in [5, 5.41) is 1.80. The highest BCUT2D eigenvalue weighted by Crippen LogP contribution is 2.34. The predicted octanol–water partition coefficient (Wildman–Crippen LogP) is 6.37. The highest BCUT2D eigenvalue weighted by molar-refractivity contribution is 8.18. The summed E-state index contributed by atoms with van der Waals surface area (Å²) in [6.45, 7) is 4.44. The summed E-state index contributed by atoms with van der Waals surface area (Å²) < 4.78 is 13.3. The van der Waals surface area contributed by atoms with Crippen LogP contribution in [0.2, 0.25) is 0 Å². The molecule has 2 heterocycles. The molecule has 1 aliphatic rings. The van der Waals surface area contributed by atoms with Gasteiger partial charge in [-0.1, -0.05) is 36.4 Å². The van der Waals surface area contributed by atoms with Gasteiger partial charge in [0, 0.05) is 22.5 Å². The molecule has 3 aromatic carbocycles. The molecule has 1 saturated heterocycles. The SMILES string of the molecule is COc1ccc(-n2c(C)cc(/C=C3\SC(=O)N(CCOc4cccc5ccccc45)C3=O)c2C)cc1. The average molecular weight is 499 g/mol. The number of methoxy groups -OCH3 is 1. The van der Waals surface area contributed by atoms with E-state index < -0.39 is 0 Å². The molecular weight excluding hydrogens is 472 g/mol. The Morgan fingerprint density at radius 2 is 1.69 bits per heavy atom. The number of imide groups is 1. The van der Waals surface area contributed by atoms with Crippen LogP contribution < -0.4 is 9.47 Å². The second-order valence-corrected chi connectivity index (χ2v) is 9.51. The Morgan fingerprint density at radius 1 is 0.944 bits per heavy atom. The number of benzene rings is 3. The van der Waals surface area contributed by atoms with Crippen LogP contribution in [0, 0.1) is 13.8 Å². The molecule has 0 unspecified atom stereocenters. The van der Waals surface area contributed by atoms with Gasteiger partial charge in [-0.3, -0.25) is 14.5 Å². The second-order valence-electron chi connectivity index (χ2n) is 8.52. The van der Waals surface area contributed by atoms with Crippen molar-refractivity contribution in [3.63, 3.8) is 0 Å². The Bertz CT molecular complexity index is 1480. The third kappa shape index (κ3) is 4.50. The highest BCUT2D eigenvalue weighted by Gasteiger charge is 2.35. The molecule has 0 saturated carbocycles. The number of hydrogen-bond donors (Lipinski definition) is 0. The number of aryl methyl sites for hydroxylation is 1. The van der Waals surface area contributed by atoms with E-state index in [2.05, 4.69) is 4.57 Å². The van der Waals surface area contributed by atoms with Crippen molar-refractivity contribution in [2.24, 2.45) is 0 Å². The van der Waals surface area contributed by atoms with Crippen molar-refractivity contribution >= 4 is 39.8 Å². The monoisotopic (exact) mass is 498 g/mol. The Morgan fingerprint density at radius 3 is 2.47 bits per heavy atom. The van der Waals surface area contributed by atoms with Gasteiger partial charge in [-0.25, -0.2) is 0 Å². The Balaban J connectivity index is 1.31. The van der Waals surface area contributed by atoms with Gasteiger partial charge in [0.2, 0.25) is 0 Å². The van der Waals surface area contributed by atoms with E-state index in [1.807, 2.05) is 86.6 Å². The van der Waals surface area contributed by atoms with E-state index in [9.17, 15) is 9.59 Å².